The number of para-hydroxylation sites is 1. The van der Waals surface area contributed by atoms with E-state index >= 15 is 0 Å². The molecule has 4 rings (SSSR count). The molecular formula is C24H21N3O2S. The molecule has 1 aromatic heterocycles. The van der Waals surface area contributed by atoms with Gasteiger partial charge in [0.1, 0.15) is 0 Å². The molecule has 5 nitrogen and oxygen atoms in total. The molecule has 0 saturated carbocycles. The predicted molar refractivity (Wildman–Crippen MR) is 122 cm³/mol. The number of hydrogen-bond donors (Lipinski definition) is 2. The second kappa shape index (κ2) is 8.88. The van der Waals surface area contributed by atoms with Crippen molar-refractivity contribution in [2.24, 2.45) is 0 Å². The molecule has 0 radical (unpaired) electrons. The number of aromatic nitrogens is 1. The molecule has 6 heteroatoms. The fraction of sp³-hybridized carbons (Fsp3) is 0.125. The Bertz CT molecular complexity index is 1170. The zero-order valence-electron chi connectivity index (χ0n) is 16.5. The van der Waals surface area contributed by atoms with Crippen LogP contribution in [0.3, 0.4) is 0 Å². The van der Waals surface area contributed by atoms with Gasteiger partial charge in [0.15, 0.2) is 0 Å². The van der Waals surface area contributed by atoms with E-state index in [-0.39, 0.29) is 11.8 Å². The average Bonchev–Trinajstić information content (AvgIpc) is 3.17. The first kappa shape index (κ1) is 19.8. The molecule has 0 aliphatic rings. The Balaban J connectivity index is 1.41. The minimum Gasteiger partial charge on any atom is -0.326 e. The van der Waals surface area contributed by atoms with Gasteiger partial charge in [0.2, 0.25) is 5.91 Å². The fourth-order valence-corrected chi connectivity index (χ4v) is 4.07. The summed E-state index contributed by atoms with van der Waals surface area (Å²) in [4.78, 5) is 28.8. The van der Waals surface area contributed by atoms with Crippen molar-refractivity contribution in [1.82, 2.24) is 4.98 Å². The smallest absolute Gasteiger partial charge is 0.255 e. The number of amides is 2. The van der Waals surface area contributed by atoms with Crippen molar-refractivity contribution < 1.29 is 9.59 Å². The highest BCUT2D eigenvalue weighted by Gasteiger charge is 2.09. The van der Waals surface area contributed by atoms with Crippen LogP contribution in [0.15, 0.2) is 72.8 Å². The lowest BCUT2D eigenvalue weighted by Gasteiger charge is -2.08. The zero-order valence-corrected chi connectivity index (χ0v) is 17.3. The van der Waals surface area contributed by atoms with Crippen LogP contribution in [0.4, 0.5) is 11.4 Å². The number of thiazole rings is 1. The number of nitrogens with zero attached hydrogens (tertiary/aromatic N) is 1. The Morgan fingerprint density at radius 3 is 2.47 bits per heavy atom. The van der Waals surface area contributed by atoms with E-state index in [0.29, 0.717) is 17.7 Å². The second-order valence-electron chi connectivity index (χ2n) is 6.89. The predicted octanol–water partition coefficient (Wildman–Crippen LogP) is 5.49. The minimum atomic E-state index is -0.221. The van der Waals surface area contributed by atoms with Crippen LogP contribution < -0.4 is 10.6 Å². The van der Waals surface area contributed by atoms with E-state index in [4.69, 9.17) is 0 Å². The van der Waals surface area contributed by atoms with E-state index < -0.39 is 0 Å². The summed E-state index contributed by atoms with van der Waals surface area (Å²) in [5, 5.41) is 6.74. The van der Waals surface area contributed by atoms with Gasteiger partial charge in [0.05, 0.1) is 15.2 Å². The van der Waals surface area contributed by atoms with Crippen molar-refractivity contribution in [1.29, 1.82) is 0 Å². The van der Waals surface area contributed by atoms with Crippen molar-refractivity contribution in [2.75, 3.05) is 10.6 Å². The molecule has 3 aromatic carbocycles. The molecule has 2 amide bonds. The van der Waals surface area contributed by atoms with Gasteiger partial charge in [-0.25, -0.2) is 4.98 Å². The van der Waals surface area contributed by atoms with E-state index in [1.165, 1.54) is 4.70 Å². The van der Waals surface area contributed by atoms with Crippen molar-refractivity contribution in [3.05, 3.63) is 88.9 Å². The van der Waals surface area contributed by atoms with Gasteiger partial charge in [-0.15, -0.1) is 11.3 Å². The molecular weight excluding hydrogens is 394 g/mol. The van der Waals surface area contributed by atoms with Gasteiger partial charge in [0.25, 0.3) is 5.91 Å². The fourth-order valence-electron chi connectivity index (χ4n) is 3.07. The Kier molecular flexibility index (Phi) is 5.86. The van der Waals surface area contributed by atoms with Gasteiger partial charge < -0.3 is 10.6 Å². The molecule has 0 aliphatic carbocycles. The van der Waals surface area contributed by atoms with Crippen LogP contribution in [0.1, 0.15) is 34.3 Å². The number of rotatable bonds is 6. The molecule has 0 unspecified atom stereocenters. The van der Waals surface area contributed by atoms with Crippen LogP contribution in [0, 0.1) is 0 Å². The Labute approximate surface area is 178 Å². The lowest BCUT2D eigenvalue weighted by atomic mass is 10.1. The van der Waals surface area contributed by atoms with Gasteiger partial charge in [-0.05, 0) is 48.0 Å². The molecule has 1 heterocycles. The standard InChI is InChI=1S/C24H21N3O2S/c1-2-22(28)25-19-7-5-6-17(15-19)24(29)26-18-12-10-16(11-13-18)14-23-27-20-8-3-4-9-21(20)30-23/h3-13,15H,2,14H2,1H3,(H,25,28)(H,26,29). The number of carbonyl (C=O) groups is 2. The Morgan fingerprint density at radius 2 is 1.70 bits per heavy atom. The van der Waals surface area contributed by atoms with Crippen molar-refractivity contribution in [3.8, 4) is 0 Å². The molecule has 150 valence electrons. The number of hydrogen-bond acceptors (Lipinski definition) is 4. The van der Waals surface area contributed by atoms with E-state index in [1.54, 1.807) is 42.5 Å². The highest BCUT2D eigenvalue weighted by molar-refractivity contribution is 7.18. The Hall–Kier alpha value is -3.51. The first-order valence-electron chi connectivity index (χ1n) is 9.75. The summed E-state index contributed by atoms with van der Waals surface area (Å²) in [5.41, 5.74) is 3.98. The van der Waals surface area contributed by atoms with Crippen LogP contribution in [0.5, 0.6) is 0 Å². The lowest BCUT2D eigenvalue weighted by molar-refractivity contribution is -0.115. The third kappa shape index (κ3) is 4.72. The SMILES string of the molecule is CCC(=O)Nc1cccc(C(=O)Nc2ccc(Cc3nc4ccccc4s3)cc2)c1. The minimum absolute atomic E-state index is 0.0868. The van der Waals surface area contributed by atoms with Crippen LogP contribution in [0.2, 0.25) is 0 Å². The topological polar surface area (TPSA) is 71.1 Å². The molecule has 0 spiro atoms. The normalized spacial score (nSPS) is 10.7. The second-order valence-corrected chi connectivity index (χ2v) is 8.00. The van der Waals surface area contributed by atoms with E-state index in [0.717, 1.165) is 28.2 Å². The molecule has 0 atom stereocenters. The maximum absolute atomic E-state index is 12.6. The number of carbonyl (C=O) groups excluding carboxylic acids is 2. The van der Waals surface area contributed by atoms with E-state index in [2.05, 4.69) is 21.7 Å². The number of fused-ring (bicyclic) bond motifs is 1. The third-order valence-electron chi connectivity index (χ3n) is 4.63. The number of benzene rings is 3. The summed E-state index contributed by atoms with van der Waals surface area (Å²) in [6.07, 6.45) is 1.15. The van der Waals surface area contributed by atoms with Gasteiger partial charge >= 0.3 is 0 Å². The molecule has 30 heavy (non-hydrogen) atoms. The summed E-state index contributed by atoms with van der Waals surface area (Å²) >= 11 is 1.70. The lowest BCUT2D eigenvalue weighted by Crippen LogP contribution is -2.13. The molecule has 0 aliphatic heterocycles. The van der Waals surface area contributed by atoms with Gasteiger partial charge in [0, 0.05) is 29.8 Å². The van der Waals surface area contributed by atoms with Crippen molar-refractivity contribution >= 4 is 44.7 Å². The molecule has 0 fully saturated rings. The highest BCUT2D eigenvalue weighted by atomic mass is 32.1. The van der Waals surface area contributed by atoms with Crippen LogP contribution >= 0.6 is 11.3 Å². The van der Waals surface area contributed by atoms with E-state index in [1.807, 2.05) is 42.5 Å². The largest absolute Gasteiger partial charge is 0.326 e. The van der Waals surface area contributed by atoms with Crippen LogP contribution in [-0.4, -0.2) is 16.8 Å². The summed E-state index contributed by atoms with van der Waals surface area (Å²) in [7, 11) is 0. The highest BCUT2D eigenvalue weighted by Crippen LogP contribution is 2.24. The van der Waals surface area contributed by atoms with Crippen LogP contribution in [0.25, 0.3) is 10.2 Å². The summed E-state index contributed by atoms with van der Waals surface area (Å²) in [5.74, 6) is -0.308. The first-order valence-corrected chi connectivity index (χ1v) is 10.6. The summed E-state index contributed by atoms with van der Waals surface area (Å²) in [6.45, 7) is 1.78. The Morgan fingerprint density at radius 1 is 0.900 bits per heavy atom. The zero-order chi connectivity index (χ0) is 20.9. The van der Waals surface area contributed by atoms with Crippen molar-refractivity contribution in [2.45, 2.75) is 19.8 Å². The molecule has 0 saturated heterocycles. The van der Waals surface area contributed by atoms with Crippen molar-refractivity contribution in [3.63, 3.8) is 0 Å². The monoisotopic (exact) mass is 415 g/mol. The third-order valence-corrected chi connectivity index (χ3v) is 5.67. The van der Waals surface area contributed by atoms with Gasteiger partial charge in [-0.3, -0.25) is 9.59 Å². The van der Waals surface area contributed by atoms with Crippen LogP contribution in [-0.2, 0) is 11.2 Å². The summed E-state index contributed by atoms with van der Waals surface area (Å²) in [6, 6.07) is 22.8. The van der Waals surface area contributed by atoms with Gasteiger partial charge in [-0.2, -0.15) is 0 Å². The summed E-state index contributed by atoms with van der Waals surface area (Å²) < 4.78 is 1.19. The quantitative estimate of drug-likeness (QED) is 0.437. The first-order chi connectivity index (χ1) is 14.6. The maximum atomic E-state index is 12.6. The van der Waals surface area contributed by atoms with E-state index in [9.17, 15) is 9.59 Å². The molecule has 2 N–H and O–H groups in total. The average molecular weight is 416 g/mol. The maximum Gasteiger partial charge on any atom is 0.255 e. The van der Waals surface area contributed by atoms with Gasteiger partial charge in [-0.1, -0.05) is 37.3 Å². The molecule has 4 aromatic rings. The number of nitrogens with one attached hydrogen (secondary N) is 2. The number of anilines is 2. The molecule has 0 bridgehead atoms.